The average Bonchev–Trinajstić information content (AvgIpc) is 3.40. The number of nitrogens with zero attached hydrogens (tertiary/aromatic N) is 1. The van der Waals surface area contributed by atoms with Crippen LogP contribution in [0.15, 0.2) is 66.7 Å². The number of aryl methyl sites for hydroxylation is 1. The molecule has 8 heteroatoms. The fourth-order valence-electron chi connectivity index (χ4n) is 5.50. The van der Waals surface area contributed by atoms with Crippen LogP contribution in [0.2, 0.25) is 10.0 Å². The minimum Gasteiger partial charge on any atom is -0.349 e. The summed E-state index contributed by atoms with van der Waals surface area (Å²) in [7, 11) is 0. The number of hydrogen-bond donors (Lipinski definition) is 0. The zero-order valence-electron chi connectivity index (χ0n) is 18.3. The zero-order valence-corrected chi connectivity index (χ0v) is 19.8. The second-order valence-corrected chi connectivity index (χ2v) is 9.79. The van der Waals surface area contributed by atoms with Gasteiger partial charge in [-0.25, -0.2) is 4.90 Å². The van der Waals surface area contributed by atoms with E-state index in [-0.39, 0.29) is 26.9 Å². The Morgan fingerprint density at radius 3 is 2.17 bits per heavy atom. The van der Waals surface area contributed by atoms with Crippen LogP contribution in [-0.2, 0) is 14.3 Å². The Kier molecular flexibility index (Phi) is 4.81. The first-order valence-corrected chi connectivity index (χ1v) is 11.8. The van der Waals surface area contributed by atoms with Crippen LogP contribution in [0.1, 0.15) is 37.9 Å². The summed E-state index contributed by atoms with van der Waals surface area (Å²) in [4.78, 5) is 56.3. The summed E-state index contributed by atoms with van der Waals surface area (Å²) in [5.41, 5.74) is -0.314. The van der Waals surface area contributed by atoms with E-state index in [9.17, 15) is 19.2 Å². The van der Waals surface area contributed by atoms with Gasteiger partial charge in [-0.05, 0) is 30.7 Å². The summed E-state index contributed by atoms with van der Waals surface area (Å²) in [5.74, 6) is -5.09. The number of Topliss-reactive ketones (excluding diaryl/α,β-unsaturated/α-hetero) is 2. The standard InChI is InChI=1S/C27H17Cl2NO5/c1-13-9-11-14(12-10-13)22-20-21(26(34)30(25(20)33)18-8-3-2-6-16(18)28)27(35-22)23(31)15-5-4-7-17(29)19(15)24(27)32/h2-12,20-22H,1H3/t20-,21-,22-,27?/m1/s1. The molecule has 0 bridgehead atoms. The van der Waals surface area contributed by atoms with Crippen LogP contribution in [0.4, 0.5) is 5.69 Å². The normalized spacial score (nSPS) is 27.2. The Labute approximate surface area is 210 Å². The maximum Gasteiger partial charge on any atom is 0.241 e. The van der Waals surface area contributed by atoms with Crippen LogP contribution in [0.25, 0.3) is 0 Å². The topological polar surface area (TPSA) is 80.8 Å². The van der Waals surface area contributed by atoms with Crippen molar-refractivity contribution in [1.82, 2.24) is 0 Å². The molecule has 6 rings (SSSR count). The largest absolute Gasteiger partial charge is 0.349 e. The average molecular weight is 506 g/mol. The van der Waals surface area contributed by atoms with E-state index in [1.165, 1.54) is 12.1 Å². The molecule has 0 aromatic heterocycles. The second-order valence-electron chi connectivity index (χ2n) is 8.97. The van der Waals surface area contributed by atoms with Crippen molar-refractivity contribution in [3.63, 3.8) is 0 Å². The molecule has 2 fully saturated rings. The molecule has 2 heterocycles. The Balaban J connectivity index is 1.57. The van der Waals surface area contributed by atoms with Crippen molar-refractivity contribution in [2.75, 3.05) is 4.90 Å². The Bertz CT molecular complexity index is 1470. The highest BCUT2D eigenvalue weighted by molar-refractivity contribution is 6.43. The van der Waals surface area contributed by atoms with Crippen LogP contribution in [0.5, 0.6) is 0 Å². The number of anilines is 1. The van der Waals surface area contributed by atoms with Crippen molar-refractivity contribution < 1.29 is 23.9 Å². The fourth-order valence-corrected chi connectivity index (χ4v) is 5.98. The van der Waals surface area contributed by atoms with Crippen molar-refractivity contribution in [3.05, 3.63) is 99.0 Å². The zero-order chi connectivity index (χ0) is 24.6. The molecule has 2 amide bonds. The molecule has 3 aliphatic rings. The molecule has 174 valence electrons. The van der Waals surface area contributed by atoms with E-state index < -0.39 is 46.9 Å². The van der Waals surface area contributed by atoms with Gasteiger partial charge < -0.3 is 4.74 Å². The van der Waals surface area contributed by atoms with Gasteiger partial charge in [0.2, 0.25) is 29.0 Å². The lowest BCUT2D eigenvalue weighted by Gasteiger charge is -2.27. The summed E-state index contributed by atoms with van der Waals surface area (Å²) < 4.78 is 6.26. The molecule has 2 aliphatic heterocycles. The van der Waals surface area contributed by atoms with Gasteiger partial charge in [0, 0.05) is 5.56 Å². The van der Waals surface area contributed by atoms with Gasteiger partial charge in [0.25, 0.3) is 0 Å². The van der Waals surface area contributed by atoms with Gasteiger partial charge >= 0.3 is 0 Å². The van der Waals surface area contributed by atoms with Crippen molar-refractivity contribution in [2.45, 2.75) is 18.6 Å². The summed E-state index contributed by atoms with van der Waals surface area (Å²) >= 11 is 12.6. The van der Waals surface area contributed by atoms with Gasteiger partial charge in [0.05, 0.1) is 39.2 Å². The number of halogens is 2. The maximum atomic E-state index is 13.9. The molecule has 0 N–H and O–H groups in total. The molecule has 35 heavy (non-hydrogen) atoms. The van der Waals surface area contributed by atoms with Crippen molar-refractivity contribution in [3.8, 4) is 0 Å². The van der Waals surface area contributed by atoms with Crippen molar-refractivity contribution >= 4 is 52.3 Å². The highest BCUT2D eigenvalue weighted by Gasteiger charge is 2.75. The number of para-hydroxylation sites is 1. The molecule has 6 nitrogen and oxygen atoms in total. The predicted molar refractivity (Wildman–Crippen MR) is 129 cm³/mol. The summed E-state index contributed by atoms with van der Waals surface area (Å²) in [6, 6.07) is 18.2. The van der Waals surface area contributed by atoms with Gasteiger partial charge in [0.1, 0.15) is 0 Å². The number of rotatable bonds is 2. The van der Waals surface area contributed by atoms with Crippen LogP contribution >= 0.6 is 23.2 Å². The maximum absolute atomic E-state index is 13.9. The van der Waals surface area contributed by atoms with Crippen LogP contribution in [0, 0.1) is 18.8 Å². The van der Waals surface area contributed by atoms with Crippen molar-refractivity contribution in [2.24, 2.45) is 11.8 Å². The molecule has 3 aromatic carbocycles. The lowest BCUT2D eigenvalue weighted by molar-refractivity contribution is -0.127. The summed E-state index contributed by atoms with van der Waals surface area (Å²) in [5, 5.41) is 0.294. The first-order chi connectivity index (χ1) is 16.8. The Hall–Kier alpha value is -3.32. The van der Waals surface area contributed by atoms with Crippen molar-refractivity contribution in [1.29, 1.82) is 0 Å². The van der Waals surface area contributed by atoms with E-state index in [1.54, 1.807) is 42.5 Å². The lowest BCUT2D eigenvalue weighted by Crippen LogP contribution is -2.51. The van der Waals surface area contributed by atoms with E-state index in [4.69, 9.17) is 27.9 Å². The molecule has 0 saturated carbocycles. The molecule has 2 saturated heterocycles. The quantitative estimate of drug-likeness (QED) is 0.361. The molecular weight excluding hydrogens is 489 g/mol. The predicted octanol–water partition coefficient (Wildman–Crippen LogP) is 5.00. The minimum atomic E-state index is -2.18. The number of carbonyl (C=O) groups is 4. The monoisotopic (exact) mass is 505 g/mol. The minimum absolute atomic E-state index is 0.0129. The number of carbonyl (C=O) groups excluding carboxylic acids is 4. The lowest BCUT2D eigenvalue weighted by atomic mass is 9.77. The van der Waals surface area contributed by atoms with Crippen LogP contribution in [0.3, 0.4) is 0 Å². The molecule has 0 radical (unpaired) electrons. The highest BCUT2D eigenvalue weighted by atomic mass is 35.5. The number of benzene rings is 3. The van der Waals surface area contributed by atoms with E-state index in [2.05, 4.69) is 0 Å². The third kappa shape index (κ3) is 2.82. The van der Waals surface area contributed by atoms with E-state index in [1.807, 2.05) is 19.1 Å². The molecule has 3 aromatic rings. The molecule has 1 aliphatic carbocycles. The molecule has 1 spiro atoms. The van der Waals surface area contributed by atoms with Crippen LogP contribution in [-0.4, -0.2) is 29.0 Å². The van der Waals surface area contributed by atoms with Gasteiger partial charge in [-0.15, -0.1) is 0 Å². The van der Waals surface area contributed by atoms with Gasteiger partial charge in [0.15, 0.2) is 0 Å². The van der Waals surface area contributed by atoms with Gasteiger partial charge in [-0.1, -0.05) is 77.3 Å². The third-order valence-electron chi connectivity index (χ3n) is 7.09. The van der Waals surface area contributed by atoms with Gasteiger partial charge in [-0.2, -0.15) is 0 Å². The summed E-state index contributed by atoms with van der Waals surface area (Å²) in [6.45, 7) is 1.91. The third-order valence-corrected chi connectivity index (χ3v) is 7.72. The first-order valence-electron chi connectivity index (χ1n) is 11.0. The van der Waals surface area contributed by atoms with E-state index in [0.717, 1.165) is 10.5 Å². The number of amides is 2. The highest BCUT2D eigenvalue weighted by Crippen LogP contribution is 2.58. The molecular formula is C27H17Cl2NO5. The fraction of sp³-hybridized carbons (Fsp3) is 0.185. The van der Waals surface area contributed by atoms with E-state index >= 15 is 0 Å². The number of imide groups is 1. The van der Waals surface area contributed by atoms with Gasteiger partial charge in [-0.3, -0.25) is 19.2 Å². The second kappa shape index (κ2) is 7.59. The smallest absolute Gasteiger partial charge is 0.241 e. The number of hydrogen-bond acceptors (Lipinski definition) is 5. The van der Waals surface area contributed by atoms with Crippen LogP contribution < -0.4 is 4.90 Å². The Morgan fingerprint density at radius 1 is 0.800 bits per heavy atom. The first kappa shape index (κ1) is 22.2. The Morgan fingerprint density at radius 2 is 1.49 bits per heavy atom. The number of ketones is 2. The number of ether oxygens (including phenoxy) is 1. The number of fused-ring (bicyclic) bond motifs is 3. The summed E-state index contributed by atoms with van der Waals surface area (Å²) in [6.07, 6.45) is -0.995. The molecule has 4 atom stereocenters. The van der Waals surface area contributed by atoms with E-state index in [0.29, 0.717) is 5.56 Å². The SMILES string of the molecule is Cc1ccc([C@H]2OC3(C(=O)c4cccc(Cl)c4C3=O)[C@H]3C(=O)N(c4ccccc4Cl)C(=O)[C@@H]23)cc1. The molecule has 1 unspecified atom stereocenters.